The van der Waals surface area contributed by atoms with E-state index in [9.17, 15) is 9.59 Å². The molecule has 3 rings (SSSR count). The van der Waals surface area contributed by atoms with Crippen LogP contribution < -0.4 is 14.8 Å². The topological polar surface area (TPSA) is 94.1 Å². The third-order valence-corrected chi connectivity index (χ3v) is 4.39. The number of nitrogens with one attached hydrogen (secondary N) is 1. The lowest BCUT2D eigenvalue weighted by Gasteiger charge is -2.20. The molecule has 148 valence electrons. The number of benzene rings is 2. The summed E-state index contributed by atoms with van der Waals surface area (Å²) in [6.45, 7) is 2.26. The number of rotatable bonds is 8. The monoisotopic (exact) mass is 385 g/mol. The van der Waals surface area contributed by atoms with E-state index < -0.39 is 12.6 Å². The van der Waals surface area contributed by atoms with E-state index in [0.717, 1.165) is 12.0 Å². The summed E-state index contributed by atoms with van der Waals surface area (Å²) >= 11 is 0. The standard InChI is InChI=1S/C21H23NO6/c1-2-26-18-12-15(8-9-17(18)28-13-19(23)24)21(25)22-16-10-11-27-20(16)14-6-4-3-5-7-14/h3-9,12,16,20H,2,10-11,13H2,1H3,(H,22,25)(H,23,24). The number of carboxylic acid groups (broad SMARTS) is 1. The van der Waals surface area contributed by atoms with E-state index in [1.165, 1.54) is 0 Å². The quantitative estimate of drug-likeness (QED) is 0.726. The van der Waals surface area contributed by atoms with Gasteiger partial charge < -0.3 is 24.6 Å². The van der Waals surface area contributed by atoms with E-state index in [4.69, 9.17) is 19.3 Å². The zero-order valence-electron chi connectivity index (χ0n) is 15.6. The molecular formula is C21H23NO6. The second kappa shape index (κ2) is 9.23. The molecule has 2 aromatic rings. The third-order valence-electron chi connectivity index (χ3n) is 4.39. The molecule has 1 heterocycles. The molecule has 2 atom stereocenters. The van der Waals surface area contributed by atoms with Crippen LogP contribution in [0.25, 0.3) is 0 Å². The Bertz CT molecular complexity index is 823. The van der Waals surface area contributed by atoms with Crippen LogP contribution in [-0.4, -0.2) is 42.8 Å². The molecular weight excluding hydrogens is 362 g/mol. The number of carbonyl (C=O) groups is 2. The van der Waals surface area contributed by atoms with Crippen molar-refractivity contribution in [1.82, 2.24) is 5.32 Å². The normalized spacial score (nSPS) is 18.5. The van der Waals surface area contributed by atoms with E-state index in [0.29, 0.717) is 24.5 Å². The van der Waals surface area contributed by atoms with Crippen LogP contribution in [0, 0.1) is 0 Å². The minimum Gasteiger partial charge on any atom is -0.490 e. The van der Waals surface area contributed by atoms with Gasteiger partial charge in [-0.15, -0.1) is 0 Å². The van der Waals surface area contributed by atoms with Gasteiger partial charge in [0.1, 0.15) is 6.10 Å². The third kappa shape index (κ3) is 4.80. The Morgan fingerprint density at radius 3 is 2.64 bits per heavy atom. The maximum Gasteiger partial charge on any atom is 0.341 e. The number of hydrogen-bond acceptors (Lipinski definition) is 5. The van der Waals surface area contributed by atoms with Gasteiger partial charge in [-0.2, -0.15) is 0 Å². The molecule has 7 nitrogen and oxygen atoms in total. The fourth-order valence-electron chi connectivity index (χ4n) is 3.14. The Kier molecular flexibility index (Phi) is 6.49. The molecule has 0 aromatic heterocycles. The molecule has 1 amide bonds. The largest absolute Gasteiger partial charge is 0.490 e. The summed E-state index contributed by atoms with van der Waals surface area (Å²) in [5.41, 5.74) is 1.43. The van der Waals surface area contributed by atoms with Crippen LogP contribution >= 0.6 is 0 Å². The maximum absolute atomic E-state index is 12.8. The first-order chi connectivity index (χ1) is 13.6. The Morgan fingerprint density at radius 2 is 1.93 bits per heavy atom. The van der Waals surface area contributed by atoms with Crippen molar-refractivity contribution in [3.05, 3.63) is 59.7 Å². The molecule has 1 aliphatic heterocycles. The fraction of sp³-hybridized carbons (Fsp3) is 0.333. The molecule has 2 unspecified atom stereocenters. The predicted octanol–water partition coefficient (Wildman–Crippen LogP) is 2.81. The molecule has 1 aliphatic rings. The minimum atomic E-state index is -1.09. The van der Waals surface area contributed by atoms with Gasteiger partial charge in [0.05, 0.1) is 12.6 Å². The lowest BCUT2D eigenvalue weighted by molar-refractivity contribution is -0.139. The lowest BCUT2D eigenvalue weighted by atomic mass is 10.0. The van der Waals surface area contributed by atoms with Crippen LogP contribution in [0.1, 0.15) is 35.4 Å². The van der Waals surface area contributed by atoms with Crippen LogP contribution in [0.4, 0.5) is 0 Å². The summed E-state index contributed by atoms with van der Waals surface area (Å²) in [5, 5.41) is 11.8. The van der Waals surface area contributed by atoms with Gasteiger partial charge in [0, 0.05) is 12.2 Å². The van der Waals surface area contributed by atoms with Crippen molar-refractivity contribution in [3.63, 3.8) is 0 Å². The van der Waals surface area contributed by atoms with E-state index in [2.05, 4.69) is 5.32 Å². The van der Waals surface area contributed by atoms with Crippen molar-refractivity contribution >= 4 is 11.9 Å². The molecule has 0 radical (unpaired) electrons. The van der Waals surface area contributed by atoms with Crippen LogP contribution in [0.5, 0.6) is 11.5 Å². The number of carboxylic acids is 1. The minimum absolute atomic E-state index is 0.131. The Balaban J connectivity index is 1.72. The maximum atomic E-state index is 12.8. The number of aliphatic carboxylic acids is 1. The Morgan fingerprint density at radius 1 is 1.14 bits per heavy atom. The molecule has 2 N–H and O–H groups in total. The molecule has 28 heavy (non-hydrogen) atoms. The Labute approximate surface area is 163 Å². The van der Waals surface area contributed by atoms with E-state index in [1.807, 2.05) is 30.3 Å². The first kappa shape index (κ1) is 19.7. The first-order valence-electron chi connectivity index (χ1n) is 9.17. The summed E-state index contributed by atoms with van der Waals surface area (Å²) in [7, 11) is 0. The smallest absolute Gasteiger partial charge is 0.341 e. The van der Waals surface area contributed by atoms with Gasteiger partial charge in [-0.3, -0.25) is 4.79 Å². The molecule has 7 heteroatoms. The predicted molar refractivity (Wildman–Crippen MR) is 102 cm³/mol. The van der Waals surface area contributed by atoms with Gasteiger partial charge in [0.25, 0.3) is 5.91 Å². The summed E-state index contributed by atoms with van der Waals surface area (Å²) < 4.78 is 16.5. The summed E-state index contributed by atoms with van der Waals surface area (Å²) in [5.74, 6) is -0.717. The second-order valence-electron chi connectivity index (χ2n) is 6.35. The van der Waals surface area contributed by atoms with Gasteiger partial charge in [0.2, 0.25) is 0 Å². The van der Waals surface area contributed by atoms with E-state index >= 15 is 0 Å². The first-order valence-corrected chi connectivity index (χ1v) is 9.17. The van der Waals surface area contributed by atoms with Crippen molar-refractivity contribution in [2.45, 2.75) is 25.5 Å². The summed E-state index contributed by atoms with van der Waals surface area (Å²) in [4.78, 5) is 23.5. The average Bonchev–Trinajstić information content (AvgIpc) is 3.16. The van der Waals surface area contributed by atoms with Crippen molar-refractivity contribution in [2.24, 2.45) is 0 Å². The van der Waals surface area contributed by atoms with Gasteiger partial charge in [-0.05, 0) is 37.1 Å². The summed E-state index contributed by atoms with van der Waals surface area (Å²) in [6.07, 6.45) is 0.540. The van der Waals surface area contributed by atoms with Gasteiger partial charge in [-0.1, -0.05) is 30.3 Å². The van der Waals surface area contributed by atoms with Crippen LogP contribution in [0.3, 0.4) is 0 Å². The highest BCUT2D eigenvalue weighted by atomic mass is 16.5. The molecule has 0 aliphatic carbocycles. The van der Waals surface area contributed by atoms with Crippen LogP contribution in [-0.2, 0) is 9.53 Å². The summed E-state index contributed by atoms with van der Waals surface area (Å²) in [6, 6.07) is 14.4. The van der Waals surface area contributed by atoms with Crippen molar-refractivity contribution in [2.75, 3.05) is 19.8 Å². The molecule has 2 aromatic carbocycles. The van der Waals surface area contributed by atoms with Crippen molar-refractivity contribution < 1.29 is 28.9 Å². The number of hydrogen-bond donors (Lipinski definition) is 2. The average molecular weight is 385 g/mol. The van der Waals surface area contributed by atoms with Crippen LogP contribution in [0.2, 0.25) is 0 Å². The highest BCUT2D eigenvalue weighted by Gasteiger charge is 2.31. The fourth-order valence-corrected chi connectivity index (χ4v) is 3.14. The molecule has 0 bridgehead atoms. The number of ether oxygens (including phenoxy) is 3. The van der Waals surface area contributed by atoms with Gasteiger partial charge in [-0.25, -0.2) is 4.79 Å². The number of amides is 1. The SMILES string of the molecule is CCOc1cc(C(=O)NC2CCOC2c2ccccc2)ccc1OCC(=O)O. The Hall–Kier alpha value is -3.06. The number of carbonyl (C=O) groups excluding carboxylic acids is 1. The molecule has 1 saturated heterocycles. The molecule has 1 fully saturated rings. The van der Waals surface area contributed by atoms with E-state index in [1.54, 1.807) is 25.1 Å². The zero-order valence-corrected chi connectivity index (χ0v) is 15.6. The van der Waals surface area contributed by atoms with Gasteiger partial charge >= 0.3 is 5.97 Å². The second-order valence-corrected chi connectivity index (χ2v) is 6.35. The zero-order chi connectivity index (χ0) is 19.9. The van der Waals surface area contributed by atoms with Crippen LogP contribution in [0.15, 0.2) is 48.5 Å². The van der Waals surface area contributed by atoms with E-state index in [-0.39, 0.29) is 23.8 Å². The van der Waals surface area contributed by atoms with Crippen molar-refractivity contribution in [3.8, 4) is 11.5 Å². The molecule has 0 spiro atoms. The highest BCUT2D eigenvalue weighted by molar-refractivity contribution is 5.95. The lowest BCUT2D eigenvalue weighted by Crippen LogP contribution is -2.36. The van der Waals surface area contributed by atoms with Gasteiger partial charge in [0.15, 0.2) is 18.1 Å². The van der Waals surface area contributed by atoms with Crippen molar-refractivity contribution in [1.29, 1.82) is 0 Å². The molecule has 0 saturated carbocycles. The highest BCUT2D eigenvalue weighted by Crippen LogP contribution is 2.31.